The van der Waals surface area contributed by atoms with Crippen LogP contribution in [0.3, 0.4) is 0 Å². The minimum absolute atomic E-state index is 0.0713. The monoisotopic (exact) mass is 387 g/mol. The molecule has 29 heavy (non-hydrogen) atoms. The number of piperidine rings is 1. The Labute approximate surface area is 170 Å². The Morgan fingerprint density at radius 2 is 1.83 bits per heavy atom. The summed E-state index contributed by atoms with van der Waals surface area (Å²) in [6.07, 6.45) is 5.06. The van der Waals surface area contributed by atoms with Crippen molar-refractivity contribution in [1.29, 1.82) is 0 Å². The standard InChI is InChI=1S/C23H25N5O/c1-25-15-19(14-24)16-6-8-18(9-7-16)23(29)28-12-10-17(11-13-28)22-26-20-4-2-3-5-21(20)27-22/h2-9,14-15,17H,10-13,24H2,1H3,(H,26,27)/b19-14+,25-15-. The van der Waals surface area contributed by atoms with Gasteiger partial charge in [-0.05, 0) is 42.7 Å². The fourth-order valence-electron chi connectivity index (χ4n) is 3.86. The number of likely N-dealkylation sites (tertiary alicyclic amines) is 1. The van der Waals surface area contributed by atoms with Crippen LogP contribution in [0.5, 0.6) is 0 Å². The van der Waals surface area contributed by atoms with Crippen molar-refractivity contribution in [3.63, 3.8) is 0 Å². The maximum Gasteiger partial charge on any atom is 0.253 e. The van der Waals surface area contributed by atoms with Crippen molar-refractivity contribution >= 4 is 28.7 Å². The van der Waals surface area contributed by atoms with E-state index in [2.05, 4.69) is 9.98 Å². The molecule has 148 valence electrons. The van der Waals surface area contributed by atoms with Gasteiger partial charge in [0.25, 0.3) is 5.91 Å². The second-order valence-corrected chi connectivity index (χ2v) is 7.29. The van der Waals surface area contributed by atoms with Gasteiger partial charge in [0, 0.05) is 49.6 Å². The van der Waals surface area contributed by atoms with E-state index < -0.39 is 0 Å². The van der Waals surface area contributed by atoms with Crippen molar-refractivity contribution < 1.29 is 4.79 Å². The molecule has 3 N–H and O–H groups in total. The highest BCUT2D eigenvalue weighted by Crippen LogP contribution is 2.28. The molecule has 2 heterocycles. The van der Waals surface area contributed by atoms with Gasteiger partial charge in [-0.1, -0.05) is 24.3 Å². The van der Waals surface area contributed by atoms with Crippen molar-refractivity contribution in [2.45, 2.75) is 18.8 Å². The third kappa shape index (κ3) is 3.92. The number of para-hydroxylation sites is 2. The Balaban J connectivity index is 1.41. The third-order valence-corrected chi connectivity index (χ3v) is 5.49. The van der Waals surface area contributed by atoms with Gasteiger partial charge in [-0.3, -0.25) is 9.79 Å². The second-order valence-electron chi connectivity index (χ2n) is 7.29. The van der Waals surface area contributed by atoms with Crippen molar-refractivity contribution in [2.24, 2.45) is 10.7 Å². The number of carbonyl (C=O) groups excluding carboxylic acids is 1. The average molecular weight is 387 g/mol. The third-order valence-electron chi connectivity index (χ3n) is 5.49. The lowest BCUT2D eigenvalue weighted by molar-refractivity contribution is 0.0711. The first-order valence-electron chi connectivity index (χ1n) is 9.88. The second kappa shape index (κ2) is 8.31. The zero-order valence-corrected chi connectivity index (χ0v) is 16.5. The highest BCUT2D eigenvalue weighted by Gasteiger charge is 2.26. The van der Waals surface area contributed by atoms with Crippen molar-refractivity contribution in [2.75, 3.05) is 20.1 Å². The van der Waals surface area contributed by atoms with Crippen LogP contribution in [0.1, 0.15) is 40.5 Å². The minimum atomic E-state index is 0.0713. The fraction of sp³-hybridized carbons (Fsp3) is 0.261. The van der Waals surface area contributed by atoms with E-state index in [0.717, 1.165) is 53.9 Å². The van der Waals surface area contributed by atoms with Gasteiger partial charge in [0.1, 0.15) is 5.82 Å². The molecule has 1 aliphatic heterocycles. The first-order valence-corrected chi connectivity index (χ1v) is 9.88. The van der Waals surface area contributed by atoms with Crippen LogP contribution < -0.4 is 5.73 Å². The number of fused-ring (bicyclic) bond motifs is 1. The van der Waals surface area contributed by atoms with Crippen LogP contribution in [0, 0.1) is 0 Å². The number of carbonyl (C=O) groups is 1. The van der Waals surface area contributed by atoms with Gasteiger partial charge in [0.15, 0.2) is 0 Å². The van der Waals surface area contributed by atoms with E-state index in [9.17, 15) is 4.79 Å². The van der Waals surface area contributed by atoms with Crippen LogP contribution in [-0.4, -0.2) is 47.1 Å². The van der Waals surface area contributed by atoms with Gasteiger partial charge in [-0.2, -0.15) is 0 Å². The number of hydrogen-bond acceptors (Lipinski definition) is 4. The number of aromatic nitrogens is 2. The number of nitrogens with two attached hydrogens (primary N) is 1. The van der Waals surface area contributed by atoms with Gasteiger partial charge < -0.3 is 15.6 Å². The van der Waals surface area contributed by atoms with Crippen LogP contribution >= 0.6 is 0 Å². The molecule has 6 nitrogen and oxygen atoms in total. The average Bonchev–Trinajstić information content (AvgIpc) is 3.21. The molecular weight excluding hydrogens is 362 g/mol. The predicted molar refractivity (Wildman–Crippen MR) is 117 cm³/mol. The molecule has 0 radical (unpaired) electrons. The fourth-order valence-corrected chi connectivity index (χ4v) is 3.86. The first kappa shape index (κ1) is 18.9. The van der Waals surface area contributed by atoms with E-state index in [1.54, 1.807) is 13.3 Å². The van der Waals surface area contributed by atoms with Gasteiger partial charge in [0.2, 0.25) is 0 Å². The van der Waals surface area contributed by atoms with E-state index in [0.29, 0.717) is 11.5 Å². The Morgan fingerprint density at radius 3 is 2.48 bits per heavy atom. The molecule has 0 atom stereocenters. The van der Waals surface area contributed by atoms with Crippen LogP contribution in [0.4, 0.5) is 0 Å². The molecule has 1 aromatic heterocycles. The number of aromatic amines is 1. The molecule has 3 aromatic rings. The molecule has 0 bridgehead atoms. The largest absolute Gasteiger partial charge is 0.404 e. The number of benzene rings is 2. The number of hydrogen-bond donors (Lipinski definition) is 2. The highest BCUT2D eigenvalue weighted by molar-refractivity contribution is 6.09. The van der Waals surface area contributed by atoms with Gasteiger partial charge in [-0.25, -0.2) is 4.98 Å². The number of amides is 1. The van der Waals surface area contributed by atoms with E-state index in [4.69, 9.17) is 10.7 Å². The lowest BCUT2D eigenvalue weighted by atomic mass is 9.95. The Hall–Kier alpha value is -3.41. The quantitative estimate of drug-likeness (QED) is 0.671. The summed E-state index contributed by atoms with van der Waals surface area (Å²) in [5.41, 5.74) is 10.2. The summed E-state index contributed by atoms with van der Waals surface area (Å²) in [5.74, 6) is 1.46. The molecule has 1 amide bonds. The van der Waals surface area contributed by atoms with Gasteiger partial charge >= 0.3 is 0 Å². The molecule has 0 aliphatic carbocycles. The Bertz CT molecular complexity index is 1020. The number of rotatable bonds is 4. The van der Waals surface area contributed by atoms with E-state index in [1.165, 1.54) is 6.20 Å². The zero-order chi connectivity index (χ0) is 20.2. The number of nitrogens with zero attached hydrogens (tertiary/aromatic N) is 3. The molecule has 1 fully saturated rings. The van der Waals surface area contributed by atoms with E-state index in [1.807, 2.05) is 53.4 Å². The summed E-state index contributed by atoms with van der Waals surface area (Å²) in [5, 5.41) is 0. The molecule has 2 aromatic carbocycles. The SMILES string of the molecule is C/N=C\C(=C/N)c1ccc(C(=O)N2CCC(c3nc4ccccc4[nH]3)CC2)cc1. The van der Waals surface area contributed by atoms with Crippen LogP contribution in [0.15, 0.2) is 59.7 Å². The number of allylic oxidation sites excluding steroid dienone is 1. The Morgan fingerprint density at radius 1 is 1.14 bits per heavy atom. The van der Waals surface area contributed by atoms with Crippen LogP contribution in [0.25, 0.3) is 16.6 Å². The molecule has 0 unspecified atom stereocenters. The van der Waals surface area contributed by atoms with Crippen LogP contribution in [-0.2, 0) is 0 Å². The van der Waals surface area contributed by atoms with Gasteiger partial charge in [0.05, 0.1) is 11.0 Å². The molecule has 1 saturated heterocycles. The highest BCUT2D eigenvalue weighted by atomic mass is 16.2. The summed E-state index contributed by atoms with van der Waals surface area (Å²) in [6, 6.07) is 15.6. The molecule has 1 aliphatic rings. The minimum Gasteiger partial charge on any atom is -0.404 e. The molecular formula is C23H25N5O. The maximum atomic E-state index is 12.9. The van der Waals surface area contributed by atoms with Crippen molar-refractivity contribution in [1.82, 2.24) is 14.9 Å². The lowest BCUT2D eigenvalue weighted by Crippen LogP contribution is -2.38. The number of nitrogens with one attached hydrogen (secondary N) is 1. The summed E-state index contributed by atoms with van der Waals surface area (Å²) in [4.78, 5) is 27.0. The number of H-pyrrole nitrogens is 1. The Kier molecular flexibility index (Phi) is 5.42. The first-order chi connectivity index (χ1) is 14.2. The maximum absolute atomic E-state index is 12.9. The molecule has 0 saturated carbocycles. The molecule has 6 heteroatoms. The topological polar surface area (TPSA) is 87.4 Å². The smallest absolute Gasteiger partial charge is 0.253 e. The normalized spacial score (nSPS) is 16.0. The summed E-state index contributed by atoms with van der Waals surface area (Å²) in [6.45, 7) is 1.47. The summed E-state index contributed by atoms with van der Waals surface area (Å²) >= 11 is 0. The lowest BCUT2D eigenvalue weighted by Gasteiger charge is -2.31. The summed E-state index contributed by atoms with van der Waals surface area (Å²) < 4.78 is 0. The van der Waals surface area contributed by atoms with Gasteiger partial charge in [-0.15, -0.1) is 0 Å². The predicted octanol–water partition coefficient (Wildman–Crippen LogP) is 3.58. The molecule has 0 spiro atoms. The van der Waals surface area contributed by atoms with E-state index in [-0.39, 0.29) is 5.91 Å². The number of aliphatic imine (C=N–C) groups is 1. The van der Waals surface area contributed by atoms with Crippen LogP contribution in [0.2, 0.25) is 0 Å². The number of imidazole rings is 1. The van der Waals surface area contributed by atoms with E-state index >= 15 is 0 Å². The molecule has 4 rings (SSSR count). The van der Waals surface area contributed by atoms with Crippen molar-refractivity contribution in [3.8, 4) is 0 Å². The zero-order valence-electron chi connectivity index (χ0n) is 16.5. The summed E-state index contributed by atoms with van der Waals surface area (Å²) in [7, 11) is 1.70. The van der Waals surface area contributed by atoms with Crippen molar-refractivity contribution in [3.05, 3.63) is 71.7 Å².